The van der Waals surface area contributed by atoms with Crippen molar-refractivity contribution in [1.29, 1.82) is 5.26 Å². The Balaban J connectivity index is 2.21. The van der Waals surface area contributed by atoms with Crippen molar-refractivity contribution < 1.29 is 9.59 Å². The number of hydrogen-bond acceptors (Lipinski definition) is 4. The van der Waals surface area contributed by atoms with Gasteiger partial charge in [-0.05, 0) is 34.1 Å². The number of rotatable bonds is 2. The van der Waals surface area contributed by atoms with Gasteiger partial charge >= 0.3 is 0 Å². The number of halogens is 1. The van der Waals surface area contributed by atoms with Gasteiger partial charge in [-0.25, -0.2) is 0 Å². The van der Waals surface area contributed by atoms with Gasteiger partial charge in [-0.3, -0.25) is 9.59 Å². The molecule has 6 heteroatoms. The van der Waals surface area contributed by atoms with Crippen LogP contribution in [0.2, 0.25) is 0 Å². The average Bonchev–Trinajstić information content (AvgIpc) is 2.69. The van der Waals surface area contributed by atoms with Gasteiger partial charge in [0.05, 0.1) is 17.3 Å². The molecule has 19 heavy (non-hydrogen) atoms. The predicted octanol–water partition coefficient (Wildman–Crippen LogP) is 2.71. The first-order chi connectivity index (χ1) is 9.01. The molecule has 1 aromatic rings. The molecular weight excluding hydrogens is 328 g/mol. The third kappa shape index (κ3) is 3.17. The molecule has 1 aliphatic heterocycles. The van der Waals surface area contributed by atoms with Crippen molar-refractivity contribution in [3.05, 3.63) is 28.2 Å². The summed E-state index contributed by atoms with van der Waals surface area (Å²) in [4.78, 5) is 24.7. The molecule has 0 bridgehead atoms. The summed E-state index contributed by atoms with van der Waals surface area (Å²) in [6.45, 7) is 2.03. The van der Waals surface area contributed by atoms with Gasteiger partial charge in [0.1, 0.15) is 0 Å². The molecule has 1 unspecified atom stereocenters. The number of nitriles is 1. The van der Waals surface area contributed by atoms with Crippen LogP contribution in [-0.2, 0) is 9.59 Å². The predicted molar refractivity (Wildman–Crippen MR) is 77.9 cm³/mol. The van der Waals surface area contributed by atoms with E-state index in [1.165, 1.54) is 18.7 Å². The minimum atomic E-state index is 0.00385. The van der Waals surface area contributed by atoms with E-state index in [1.54, 1.807) is 23.1 Å². The summed E-state index contributed by atoms with van der Waals surface area (Å²) in [5.41, 5.74) is 1.28. The molecule has 0 radical (unpaired) electrons. The third-order valence-corrected chi connectivity index (χ3v) is 4.41. The molecule has 1 fully saturated rings. The van der Waals surface area contributed by atoms with Crippen LogP contribution >= 0.6 is 27.7 Å². The van der Waals surface area contributed by atoms with Gasteiger partial charge in [0.25, 0.3) is 0 Å². The number of hydrogen-bond donors (Lipinski definition) is 0. The molecule has 1 aliphatic rings. The number of carbonyl (C=O) groups is 2. The first kappa shape index (κ1) is 14.1. The Bertz CT molecular complexity index is 582. The zero-order chi connectivity index (χ0) is 14.0. The lowest BCUT2D eigenvalue weighted by molar-refractivity contribution is -0.117. The van der Waals surface area contributed by atoms with Gasteiger partial charge in [-0.15, -0.1) is 0 Å². The summed E-state index contributed by atoms with van der Waals surface area (Å²) >= 11 is 4.59. The van der Waals surface area contributed by atoms with Crippen molar-refractivity contribution in [2.45, 2.75) is 18.6 Å². The first-order valence-corrected chi connectivity index (χ1v) is 7.35. The van der Waals surface area contributed by atoms with Crippen molar-refractivity contribution in [2.24, 2.45) is 0 Å². The molecular formula is C13H11BrN2O2S. The van der Waals surface area contributed by atoms with Crippen molar-refractivity contribution in [3.63, 3.8) is 0 Å². The monoisotopic (exact) mass is 338 g/mol. The molecule has 0 aromatic heterocycles. The summed E-state index contributed by atoms with van der Waals surface area (Å²) in [6.07, 6.45) is 0.372. The molecule has 1 atom stereocenters. The molecule has 0 N–H and O–H groups in total. The quantitative estimate of drug-likeness (QED) is 0.831. The Kier molecular flexibility index (Phi) is 4.27. The van der Waals surface area contributed by atoms with Crippen LogP contribution < -0.4 is 4.90 Å². The number of benzene rings is 1. The van der Waals surface area contributed by atoms with Crippen LogP contribution in [0.1, 0.15) is 18.9 Å². The molecule has 2 rings (SSSR count). The third-order valence-electron chi connectivity index (χ3n) is 2.79. The molecule has 4 nitrogen and oxygen atoms in total. The maximum atomic E-state index is 12.0. The van der Waals surface area contributed by atoms with E-state index >= 15 is 0 Å². The zero-order valence-corrected chi connectivity index (χ0v) is 12.6. The number of nitrogens with zero attached hydrogens (tertiary/aromatic N) is 2. The summed E-state index contributed by atoms with van der Waals surface area (Å²) in [6, 6.07) is 7.17. The second kappa shape index (κ2) is 5.76. The molecule has 1 aromatic carbocycles. The summed E-state index contributed by atoms with van der Waals surface area (Å²) in [5, 5.41) is 8.85. The summed E-state index contributed by atoms with van der Waals surface area (Å²) in [7, 11) is 0. The number of amides is 1. The average molecular weight is 339 g/mol. The lowest BCUT2D eigenvalue weighted by atomic mass is 10.2. The Morgan fingerprint density at radius 3 is 2.89 bits per heavy atom. The van der Waals surface area contributed by atoms with Crippen LogP contribution in [0.3, 0.4) is 0 Å². The molecule has 1 saturated heterocycles. The Morgan fingerprint density at radius 2 is 2.32 bits per heavy atom. The number of carbonyl (C=O) groups excluding carboxylic acids is 2. The lowest BCUT2D eigenvalue weighted by Gasteiger charge is -2.18. The highest BCUT2D eigenvalue weighted by atomic mass is 79.9. The van der Waals surface area contributed by atoms with Gasteiger partial charge in [-0.1, -0.05) is 11.8 Å². The zero-order valence-electron chi connectivity index (χ0n) is 10.2. The fourth-order valence-corrected chi connectivity index (χ4v) is 3.53. The van der Waals surface area contributed by atoms with Crippen LogP contribution in [0.15, 0.2) is 22.7 Å². The standard InChI is InChI=1S/C13H11BrN2O2S/c1-8(17)19-10-5-13(18)16(7-10)12-3-2-9(6-15)4-11(12)14/h2-4,10H,5,7H2,1H3. The summed E-state index contributed by atoms with van der Waals surface area (Å²) in [5.74, 6) is 0.00385. The minimum Gasteiger partial charge on any atom is -0.310 e. The van der Waals surface area contributed by atoms with Crippen LogP contribution in [0, 0.1) is 11.3 Å². The van der Waals surface area contributed by atoms with E-state index in [-0.39, 0.29) is 16.3 Å². The van der Waals surface area contributed by atoms with Gasteiger partial charge in [0, 0.05) is 29.6 Å². The normalized spacial score (nSPS) is 18.5. The smallest absolute Gasteiger partial charge is 0.228 e. The second-order valence-electron chi connectivity index (χ2n) is 4.22. The van der Waals surface area contributed by atoms with E-state index in [9.17, 15) is 9.59 Å². The van der Waals surface area contributed by atoms with Crippen molar-refractivity contribution in [3.8, 4) is 6.07 Å². The van der Waals surface area contributed by atoms with E-state index in [4.69, 9.17) is 5.26 Å². The molecule has 0 saturated carbocycles. The second-order valence-corrected chi connectivity index (χ2v) is 6.55. The van der Waals surface area contributed by atoms with Gasteiger partial charge in [0.15, 0.2) is 5.12 Å². The maximum absolute atomic E-state index is 12.0. The van der Waals surface area contributed by atoms with Crippen LogP contribution in [-0.4, -0.2) is 22.8 Å². The van der Waals surface area contributed by atoms with Gasteiger partial charge in [0.2, 0.25) is 5.91 Å². The fraction of sp³-hybridized carbons (Fsp3) is 0.308. The Hall–Kier alpha value is -1.32. The van der Waals surface area contributed by atoms with Crippen molar-refractivity contribution in [2.75, 3.05) is 11.4 Å². The maximum Gasteiger partial charge on any atom is 0.228 e. The highest BCUT2D eigenvalue weighted by Crippen LogP contribution is 2.33. The van der Waals surface area contributed by atoms with Crippen LogP contribution in [0.25, 0.3) is 0 Å². The molecule has 1 heterocycles. The largest absolute Gasteiger partial charge is 0.310 e. The SMILES string of the molecule is CC(=O)SC1CC(=O)N(c2ccc(C#N)cc2Br)C1. The molecule has 0 spiro atoms. The van der Waals surface area contributed by atoms with Crippen LogP contribution in [0.4, 0.5) is 5.69 Å². The van der Waals surface area contributed by atoms with E-state index in [0.29, 0.717) is 23.0 Å². The van der Waals surface area contributed by atoms with Crippen molar-refractivity contribution >= 4 is 44.4 Å². The fourth-order valence-electron chi connectivity index (χ4n) is 2.02. The van der Waals surface area contributed by atoms with E-state index in [0.717, 1.165) is 5.69 Å². The number of thioether (sulfide) groups is 1. The topological polar surface area (TPSA) is 61.2 Å². The molecule has 0 aliphatic carbocycles. The highest BCUT2D eigenvalue weighted by Gasteiger charge is 2.32. The van der Waals surface area contributed by atoms with E-state index in [1.807, 2.05) is 6.07 Å². The van der Waals surface area contributed by atoms with Crippen LogP contribution in [0.5, 0.6) is 0 Å². The van der Waals surface area contributed by atoms with Gasteiger partial charge < -0.3 is 4.90 Å². The Morgan fingerprint density at radius 1 is 1.58 bits per heavy atom. The summed E-state index contributed by atoms with van der Waals surface area (Å²) < 4.78 is 0.716. The number of anilines is 1. The van der Waals surface area contributed by atoms with Gasteiger partial charge in [-0.2, -0.15) is 5.26 Å². The highest BCUT2D eigenvalue weighted by molar-refractivity contribution is 9.10. The lowest BCUT2D eigenvalue weighted by Crippen LogP contribution is -2.25. The molecule has 1 amide bonds. The molecule has 98 valence electrons. The first-order valence-electron chi connectivity index (χ1n) is 5.68. The minimum absolute atomic E-state index is 0.00385. The van der Waals surface area contributed by atoms with E-state index in [2.05, 4.69) is 15.9 Å². The Labute approximate surface area is 123 Å². The van der Waals surface area contributed by atoms with Crippen molar-refractivity contribution in [1.82, 2.24) is 0 Å². The van der Waals surface area contributed by atoms with E-state index < -0.39 is 0 Å².